The Kier molecular flexibility index (Phi) is 8.68. The largest absolute Gasteiger partial charge is 0.469 e. The van der Waals surface area contributed by atoms with Gasteiger partial charge in [0.05, 0.1) is 13.7 Å². The van der Waals surface area contributed by atoms with Gasteiger partial charge in [-0.15, -0.1) is 0 Å². The number of hydrogen-bond acceptors (Lipinski definition) is 6. The van der Waals surface area contributed by atoms with Crippen LogP contribution in [-0.4, -0.2) is 43.0 Å². The number of amides is 1. The van der Waals surface area contributed by atoms with E-state index in [0.717, 1.165) is 5.56 Å². The molecule has 0 aromatic heterocycles. The van der Waals surface area contributed by atoms with Crippen LogP contribution in [0.25, 0.3) is 0 Å². The number of esters is 2. The minimum atomic E-state index is -0.506. The second-order valence-corrected chi connectivity index (χ2v) is 7.02. The van der Waals surface area contributed by atoms with E-state index in [0.29, 0.717) is 28.3 Å². The topological polar surface area (TPSA) is 98.9 Å². The smallest absolute Gasteiger partial charge is 0.325 e. The number of carbonyl (C=O) groups excluding carboxylic acids is 3. The lowest BCUT2D eigenvalue weighted by Crippen LogP contribution is -2.36. The fraction of sp³-hybridized carbons (Fsp3) is 0.318. The summed E-state index contributed by atoms with van der Waals surface area (Å²) in [5.41, 5.74) is 8.60. The van der Waals surface area contributed by atoms with Gasteiger partial charge in [0, 0.05) is 29.2 Å². The first-order valence-corrected chi connectivity index (χ1v) is 9.86. The van der Waals surface area contributed by atoms with E-state index in [2.05, 4.69) is 4.74 Å². The van der Waals surface area contributed by atoms with Crippen LogP contribution in [0.5, 0.6) is 0 Å². The highest BCUT2D eigenvalue weighted by Crippen LogP contribution is 2.20. The number of nitrogens with two attached hydrogens (primary N) is 1. The minimum Gasteiger partial charge on any atom is -0.469 e. The number of rotatable bonds is 9. The van der Waals surface area contributed by atoms with Gasteiger partial charge in [-0.05, 0) is 54.8 Å². The molecule has 0 radical (unpaired) electrons. The molecular formula is C22H25ClN2O5. The van der Waals surface area contributed by atoms with Gasteiger partial charge in [0.15, 0.2) is 0 Å². The fourth-order valence-corrected chi connectivity index (χ4v) is 2.96. The first-order chi connectivity index (χ1) is 14.3. The Bertz CT molecular complexity index is 899. The summed E-state index contributed by atoms with van der Waals surface area (Å²) >= 11 is 5.90. The number of benzene rings is 2. The number of nitrogen functional groups attached to an aromatic ring is 1. The van der Waals surface area contributed by atoms with Gasteiger partial charge in [-0.3, -0.25) is 14.4 Å². The van der Waals surface area contributed by atoms with Crippen LogP contribution in [0.2, 0.25) is 5.02 Å². The molecule has 2 aromatic carbocycles. The van der Waals surface area contributed by atoms with Crippen LogP contribution in [0.4, 0.5) is 5.69 Å². The third-order valence-electron chi connectivity index (χ3n) is 4.42. The van der Waals surface area contributed by atoms with E-state index in [-0.39, 0.29) is 38.0 Å². The minimum absolute atomic E-state index is 0.128. The Morgan fingerprint density at radius 2 is 1.77 bits per heavy atom. The molecule has 0 bridgehead atoms. The number of anilines is 1. The summed E-state index contributed by atoms with van der Waals surface area (Å²) in [5.74, 6) is -1.14. The Morgan fingerprint density at radius 3 is 2.37 bits per heavy atom. The molecule has 0 aliphatic rings. The maximum atomic E-state index is 13.0. The van der Waals surface area contributed by atoms with Crippen molar-refractivity contribution < 1.29 is 23.9 Å². The van der Waals surface area contributed by atoms with Gasteiger partial charge in [0.25, 0.3) is 5.91 Å². The van der Waals surface area contributed by atoms with Crippen molar-refractivity contribution in [3.8, 4) is 0 Å². The molecule has 2 N–H and O–H groups in total. The van der Waals surface area contributed by atoms with E-state index in [1.54, 1.807) is 43.3 Å². The highest BCUT2D eigenvalue weighted by atomic mass is 35.5. The molecule has 0 saturated heterocycles. The summed E-state index contributed by atoms with van der Waals surface area (Å²) in [6.07, 6.45) is 0.743. The number of hydrogen-bond donors (Lipinski definition) is 1. The zero-order chi connectivity index (χ0) is 22.1. The maximum Gasteiger partial charge on any atom is 0.325 e. The van der Waals surface area contributed by atoms with Gasteiger partial charge < -0.3 is 20.1 Å². The molecule has 2 aromatic rings. The number of aryl methyl sites for hydroxylation is 1. The van der Waals surface area contributed by atoms with Gasteiger partial charge in [-0.2, -0.15) is 0 Å². The molecule has 0 spiro atoms. The van der Waals surface area contributed by atoms with Crippen molar-refractivity contribution in [2.45, 2.75) is 26.3 Å². The normalized spacial score (nSPS) is 10.4. The molecule has 0 aliphatic carbocycles. The average Bonchev–Trinajstić information content (AvgIpc) is 2.73. The van der Waals surface area contributed by atoms with Crippen LogP contribution in [0.3, 0.4) is 0 Å². The average molecular weight is 433 g/mol. The SMILES string of the molecule is CCOC(=O)CN(Cc1ccc(CCC(=O)OC)cc1N)C(=O)c1ccc(Cl)cc1. The van der Waals surface area contributed by atoms with E-state index in [1.807, 2.05) is 6.07 Å². The zero-order valence-corrected chi connectivity index (χ0v) is 17.8. The predicted molar refractivity (Wildman–Crippen MR) is 114 cm³/mol. The molecule has 160 valence electrons. The molecular weight excluding hydrogens is 408 g/mol. The van der Waals surface area contributed by atoms with E-state index in [1.165, 1.54) is 12.0 Å². The Hall–Kier alpha value is -3.06. The van der Waals surface area contributed by atoms with Crippen molar-refractivity contribution in [1.29, 1.82) is 0 Å². The van der Waals surface area contributed by atoms with E-state index in [4.69, 9.17) is 22.1 Å². The maximum absolute atomic E-state index is 13.0. The Morgan fingerprint density at radius 1 is 1.07 bits per heavy atom. The summed E-state index contributed by atoms with van der Waals surface area (Å²) in [5, 5.41) is 0.510. The van der Waals surface area contributed by atoms with Gasteiger partial charge in [-0.25, -0.2) is 0 Å². The van der Waals surface area contributed by atoms with Crippen LogP contribution < -0.4 is 5.73 Å². The predicted octanol–water partition coefficient (Wildman–Crippen LogP) is 3.23. The summed E-state index contributed by atoms with van der Waals surface area (Å²) in [6, 6.07) is 11.8. The number of ether oxygens (including phenoxy) is 2. The highest BCUT2D eigenvalue weighted by molar-refractivity contribution is 6.30. The highest BCUT2D eigenvalue weighted by Gasteiger charge is 2.21. The summed E-state index contributed by atoms with van der Waals surface area (Å²) < 4.78 is 9.65. The molecule has 0 saturated carbocycles. The number of carbonyl (C=O) groups is 3. The van der Waals surface area contributed by atoms with Crippen molar-refractivity contribution in [1.82, 2.24) is 4.90 Å². The van der Waals surface area contributed by atoms with Gasteiger partial charge in [0.2, 0.25) is 0 Å². The van der Waals surface area contributed by atoms with Crippen molar-refractivity contribution >= 4 is 35.1 Å². The lowest BCUT2D eigenvalue weighted by atomic mass is 10.0. The molecule has 0 atom stereocenters. The zero-order valence-electron chi connectivity index (χ0n) is 17.0. The first kappa shape index (κ1) is 23.2. The summed E-state index contributed by atoms with van der Waals surface area (Å²) in [7, 11) is 1.34. The summed E-state index contributed by atoms with van der Waals surface area (Å²) in [4.78, 5) is 37.7. The van der Waals surface area contributed by atoms with E-state index in [9.17, 15) is 14.4 Å². The molecule has 8 heteroatoms. The standard InChI is InChI=1S/C22H25ClN2O5/c1-3-30-21(27)14-25(22(28)16-7-9-18(23)10-8-16)13-17-6-4-15(12-19(17)24)5-11-20(26)29-2/h4,6-10,12H,3,5,11,13-14,24H2,1-2H3. The Balaban J connectivity index is 2.20. The van der Waals surface area contributed by atoms with Crippen molar-refractivity contribution in [2.24, 2.45) is 0 Å². The van der Waals surface area contributed by atoms with Crippen LogP contribution in [0.1, 0.15) is 34.8 Å². The third kappa shape index (κ3) is 6.77. The van der Waals surface area contributed by atoms with Crippen molar-refractivity contribution in [2.75, 3.05) is 26.0 Å². The van der Waals surface area contributed by atoms with Crippen LogP contribution in [-0.2, 0) is 32.0 Å². The lowest BCUT2D eigenvalue weighted by Gasteiger charge is -2.23. The molecule has 30 heavy (non-hydrogen) atoms. The Labute approximate surface area is 180 Å². The van der Waals surface area contributed by atoms with Crippen molar-refractivity contribution in [3.05, 3.63) is 64.2 Å². The van der Waals surface area contributed by atoms with E-state index < -0.39 is 5.97 Å². The third-order valence-corrected chi connectivity index (χ3v) is 4.67. The fourth-order valence-electron chi connectivity index (χ4n) is 2.83. The molecule has 2 rings (SSSR count). The molecule has 0 aliphatic heterocycles. The van der Waals surface area contributed by atoms with Gasteiger partial charge >= 0.3 is 11.9 Å². The molecule has 1 amide bonds. The van der Waals surface area contributed by atoms with Crippen LogP contribution >= 0.6 is 11.6 Å². The van der Waals surface area contributed by atoms with Crippen LogP contribution in [0, 0.1) is 0 Å². The second kappa shape index (κ2) is 11.2. The monoisotopic (exact) mass is 432 g/mol. The molecule has 0 fully saturated rings. The first-order valence-electron chi connectivity index (χ1n) is 9.48. The summed E-state index contributed by atoms with van der Waals surface area (Å²) in [6.45, 7) is 1.84. The number of methoxy groups -OCH3 is 1. The quantitative estimate of drug-likeness (QED) is 0.482. The van der Waals surface area contributed by atoms with E-state index >= 15 is 0 Å². The lowest BCUT2D eigenvalue weighted by molar-refractivity contribution is -0.144. The van der Waals surface area contributed by atoms with Crippen LogP contribution in [0.15, 0.2) is 42.5 Å². The molecule has 7 nitrogen and oxygen atoms in total. The second-order valence-electron chi connectivity index (χ2n) is 6.58. The number of halogens is 1. The van der Waals surface area contributed by atoms with Crippen molar-refractivity contribution in [3.63, 3.8) is 0 Å². The molecule has 0 unspecified atom stereocenters. The number of nitrogens with zero attached hydrogens (tertiary/aromatic N) is 1. The van der Waals surface area contributed by atoms with Gasteiger partial charge in [0.1, 0.15) is 6.54 Å². The molecule has 0 heterocycles. The van der Waals surface area contributed by atoms with Gasteiger partial charge in [-0.1, -0.05) is 23.7 Å².